The van der Waals surface area contributed by atoms with Crippen LogP contribution in [0.3, 0.4) is 0 Å². The van der Waals surface area contributed by atoms with Crippen LogP contribution in [0.1, 0.15) is 25.6 Å². The molecule has 0 spiro atoms. The Morgan fingerprint density at radius 2 is 2.25 bits per heavy atom. The van der Waals surface area contributed by atoms with Crippen LogP contribution in [0.25, 0.3) is 0 Å². The Labute approximate surface area is 70.6 Å². The van der Waals surface area contributed by atoms with Crippen molar-refractivity contribution in [2.45, 2.75) is 25.8 Å². The van der Waals surface area contributed by atoms with Gasteiger partial charge in [-0.05, 0) is 6.92 Å². The molecule has 0 amide bonds. The molecule has 0 aliphatic rings. The third kappa shape index (κ3) is 1.62. The molecule has 5 heteroatoms. The molecule has 1 unspecified atom stereocenters. The van der Waals surface area contributed by atoms with Gasteiger partial charge in [0.15, 0.2) is 0 Å². The molecule has 0 saturated heterocycles. The van der Waals surface area contributed by atoms with Crippen molar-refractivity contribution in [2.75, 3.05) is 6.61 Å². The van der Waals surface area contributed by atoms with Gasteiger partial charge in [0.1, 0.15) is 5.54 Å². The molecule has 1 rings (SSSR count). The number of nitrogens with two attached hydrogens (primary N) is 1. The van der Waals surface area contributed by atoms with Crippen molar-refractivity contribution in [1.82, 2.24) is 10.2 Å². The topological polar surface area (TPSA) is 85.2 Å². The van der Waals surface area contributed by atoms with Crippen LogP contribution in [0.15, 0.2) is 4.42 Å². The fourth-order valence-corrected chi connectivity index (χ4v) is 0.695. The van der Waals surface area contributed by atoms with Crippen LogP contribution in [0.5, 0.6) is 0 Å². The molecule has 1 atom stereocenters. The zero-order valence-electron chi connectivity index (χ0n) is 7.24. The number of nitrogens with zero attached hydrogens (tertiary/aromatic N) is 2. The molecule has 0 radical (unpaired) electrons. The molecule has 1 aromatic rings. The summed E-state index contributed by atoms with van der Waals surface area (Å²) >= 11 is 0. The van der Waals surface area contributed by atoms with E-state index in [9.17, 15) is 0 Å². The fraction of sp³-hybridized carbons (Fsp3) is 0.714. The molecule has 0 bridgehead atoms. The zero-order valence-corrected chi connectivity index (χ0v) is 7.24. The van der Waals surface area contributed by atoms with Gasteiger partial charge in [0.05, 0.1) is 6.61 Å². The second-order valence-corrected chi connectivity index (χ2v) is 2.93. The number of aliphatic hydroxyl groups is 1. The summed E-state index contributed by atoms with van der Waals surface area (Å²) in [5.41, 5.74) is 4.73. The van der Waals surface area contributed by atoms with Crippen molar-refractivity contribution in [3.8, 4) is 0 Å². The van der Waals surface area contributed by atoms with Gasteiger partial charge in [-0.15, -0.1) is 10.2 Å². The standard InChI is InChI=1S/C7H13N3O2/c1-3-5-9-10-6(12-5)7(2,8)4-11/h11H,3-4,8H2,1-2H3. The Bertz CT molecular complexity index is 257. The predicted molar refractivity (Wildman–Crippen MR) is 42.3 cm³/mol. The maximum Gasteiger partial charge on any atom is 0.238 e. The molecule has 0 fully saturated rings. The van der Waals surface area contributed by atoms with Gasteiger partial charge in [-0.2, -0.15) is 0 Å². The number of hydrogen-bond donors (Lipinski definition) is 2. The van der Waals surface area contributed by atoms with Gasteiger partial charge in [0.25, 0.3) is 0 Å². The van der Waals surface area contributed by atoms with Crippen LogP contribution < -0.4 is 5.73 Å². The molecule has 68 valence electrons. The van der Waals surface area contributed by atoms with E-state index in [1.165, 1.54) is 0 Å². The lowest BCUT2D eigenvalue weighted by atomic mass is 10.1. The van der Waals surface area contributed by atoms with Crippen molar-refractivity contribution in [3.05, 3.63) is 11.8 Å². The highest BCUT2D eigenvalue weighted by molar-refractivity contribution is 4.97. The average molecular weight is 171 g/mol. The third-order valence-electron chi connectivity index (χ3n) is 1.59. The number of hydrogen-bond acceptors (Lipinski definition) is 5. The first-order valence-corrected chi connectivity index (χ1v) is 3.82. The first kappa shape index (κ1) is 9.15. The molecule has 0 aliphatic carbocycles. The quantitative estimate of drug-likeness (QED) is 0.657. The normalized spacial score (nSPS) is 16.0. The first-order valence-electron chi connectivity index (χ1n) is 3.82. The van der Waals surface area contributed by atoms with E-state index in [1.54, 1.807) is 6.92 Å². The van der Waals surface area contributed by atoms with E-state index in [1.807, 2.05) is 6.92 Å². The van der Waals surface area contributed by atoms with Crippen LogP contribution in [0, 0.1) is 0 Å². The molecule has 1 heterocycles. The summed E-state index contributed by atoms with van der Waals surface area (Å²) in [7, 11) is 0. The van der Waals surface area contributed by atoms with Crippen molar-refractivity contribution in [1.29, 1.82) is 0 Å². The maximum absolute atomic E-state index is 8.88. The van der Waals surface area contributed by atoms with E-state index in [0.717, 1.165) is 0 Å². The monoisotopic (exact) mass is 171 g/mol. The summed E-state index contributed by atoms with van der Waals surface area (Å²) < 4.78 is 5.18. The van der Waals surface area contributed by atoms with Crippen molar-refractivity contribution >= 4 is 0 Å². The molecular formula is C7H13N3O2. The number of aromatic nitrogens is 2. The second kappa shape index (κ2) is 3.20. The highest BCUT2D eigenvalue weighted by Gasteiger charge is 2.26. The number of aliphatic hydroxyl groups excluding tert-OH is 1. The van der Waals surface area contributed by atoms with Gasteiger partial charge >= 0.3 is 0 Å². The van der Waals surface area contributed by atoms with E-state index < -0.39 is 5.54 Å². The lowest BCUT2D eigenvalue weighted by Crippen LogP contribution is -2.37. The first-order chi connectivity index (χ1) is 5.60. The molecule has 3 N–H and O–H groups in total. The minimum Gasteiger partial charge on any atom is -0.423 e. The SMILES string of the molecule is CCc1nnc(C(C)(N)CO)o1. The largest absolute Gasteiger partial charge is 0.423 e. The minimum absolute atomic E-state index is 0.210. The predicted octanol–water partition coefficient (Wildman–Crippen LogP) is -0.202. The summed E-state index contributed by atoms with van der Waals surface area (Å²) in [5, 5.41) is 16.3. The van der Waals surface area contributed by atoms with E-state index >= 15 is 0 Å². The van der Waals surface area contributed by atoms with Crippen molar-refractivity contribution < 1.29 is 9.52 Å². The molecular weight excluding hydrogens is 158 g/mol. The van der Waals surface area contributed by atoms with Crippen molar-refractivity contribution in [2.24, 2.45) is 5.73 Å². The summed E-state index contributed by atoms with van der Waals surface area (Å²) in [4.78, 5) is 0. The zero-order chi connectivity index (χ0) is 9.19. The third-order valence-corrected chi connectivity index (χ3v) is 1.59. The molecule has 0 aliphatic heterocycles. The van der Waals surface area contributed by atoms with Gasteiger partial charge < -0.3 is 15.3 Å². The van der Waals surface area contributed by atoms with E-state index in [0.29, 0.717) is 12.3 Å². The summed E-state index contributed by atoms with van der Waals surface area (Å²) in [6.45, 7) is 3.34. The number of aryl methyl sites for hydroxylation is 1. The highest BCUT2D eigenvalue weighted by Crippen LogP contribution is 2.14. The maximum atomic E-state index is 8.88. The van der Waals surface area contributed by atoms with Crippen LogP contribution in [0.4, 0.5) is 0 Å². The molecule has 1 aromatic heterocycles. The summed E-state index contributed by atoms with van der Waals surface area (Å²) in [5.74, 6) is 0.817. The molecule has 5 nitrogen and oxygen atoms in total. The molecule has 0 aromatic carbocycles. The van der Waals surface area contributed by atoms with Gasteiger partial charge in [-0.1, -0.05) is 6.92 Å². The van der Waals surface area contributed by atoms with E-state index in [2.05, 4.69) is 10.2 Å². The van der Waals surface area contributed by atoms with Gasteiger partial charge in [0, 0.05) is 6.42 Å². The van der Waals surface area contributed by atoms with Gasteiger partial charge in [-0.3, -0.25) is 0 Å². The van der Waals surface area contributed by atoms with Crippen molar-refractivity contribution in [3.63, 3.8) is 0 Å². The van der Waals surface area contributed by atoms with E-state index in [-0.39, 0.29) is 12.5 Å². The van der Waals surface area contributed by atoms with Crippen LogP contribution in [-0.4, -0.2) is 21.9 Å². The minimum atomic E-state index is -0.930. The Balaban J connectivity index is 2.88. The van der Waals surface area contributed by atoms with Gasteiger partial charge in [0.2, 0.25) is 11.8 Å². The number of rotatable bonds is 3. The average Bonchev–Trinajstić information content (AvgIpc) is 2.52. The van der Waals surface area contributed by atoms with Crippen LogP contribution in [0.2, 0.25) is 0 Å². The Morgan fingerprint density at radius 3 is 2.67 bits per heavy atom. The second-order valence-electron chi connectivity index (χ2n) is 2.93. The lowest BCUT2D eigenvalue weighted by Gasteiger charge is -2.15. The van der Waals surface area contributed by atoms with E-state index in [4.69, 9.17) is 15.3 Å². The Morgan fingerprint density at radius 1 is 1.58 bits per heavy atom. The smallest absolute Gasteiger partial charge is 0.238 e. The molecule has 12 heavy (non-hydrogen) atoms. The highest BCUT2D eigenvalue weighted by atomic mass is 16.4. The van der Waals surface area contributed by atoms with Gasteiger partial charge in [-0.25, -0.2) is 0 Å². The summed E-state index contributed by atoms with van der Waals surface area (Å²) in [6.07, 6.45) is 0.675. The molecule has 0 saturated carbocycles. The van der Waals surface area contributed by atoms with Crippen LogP contribution >= 0.6 is 0 Å². The Kier molecular flexibility index (Phi) is 2.44. The summed E-state index contributed by atoms with van der Waals surface area (Å²) in [6, 6.07) is 0. The Hall–Kier alpha value is -0.940. The van der Waals surface area contributed by atoms with Crippen LogP contribution in [-0.2, 0) is 12.0 Å². The lowest BCUT2D eigenvalue weighted by molar-refractivity contribution is 0.181. The fourth-order valence-electron chi connectivity index (χ4n) is 0.695.